The second-order valence-electron chi connectivity index (χ2n) is 5.68. The van der Waals surface area contributed by atoms with Gasteiger partial charge in [-0.15, -0.1) is 0 Å². The van der Waals surface area contributed by atoms with Crippen LogP contribution in [-0.2, 0) is 12.7 Å². The standard InChI is InChI=1S/C17H17F3N4O2/c1-9-4-13(17(18,19)20)14-15(23-24-16(14)22-9)21-8-10-5-11(25-2)7-12(6-10)26-3/h4-7H,8H2,1-3H3,(H2,21,22,23,24). The van der Waals surface area contributed by atoms with Crippen LogP contribution >= 0.6 is 0 Å². The van der Waals surface area contributed by atoms with E-state index >= 15 is 0 Å². The minimum atomic E-state index is -4.51. The number of aryl methyl sites for hydroxylation is 1. The summed E-state index contributed by atoms with van der Waals surface area (Å²) >= 11 is 0. The number of hydrogen-bond donors (Lipinski definition) is 2. The summed E-state index contributed by atoms with van der Waals surface area (Å²) in [5.74, 6) is 1.25. The number of alkyl halides is 3. The SMILES string of the molecule is COc1cc(CNc2n[nH]c3nc(C)cc(C(F)(F)F)c23)cc(OC)c1. The lowest BCUT2D eigenvalue weighted by Crippen LogP contribution is -2.08. The lowest BCUT2D eigenvalue weighted by molar-refractivity contribution is -0.136. The molecule has 3 rings (SSSR count). The first-order valence-electron chi connectivity index (χ1n) is 7.70. The Kier molecular flexibility index (Phi) is 4.62. The molecule has 0 atom stereocenters. The molecule has 2 heterocycles. The second-order valence-corrected chi connectivity index (χ2v) is 5.68. The monoisotopic (exact) mass is 366 g/mol. The van der Waals surface area contributed by atoms with Crippen LogP contribution in [0, 0.1) is 6.92 Å². The van der Waals surface area contributed by atoms with Crippen LogP contribution in [0.1, 0.15) is 16.8 Å². The molecule has 1 aromatic carbocycles. The van der Waals surface area contributed by atoms with Gasteiger partial charge in [-0.3, -0.25) is 5.10 Å². The van der Waals surface area contributed by atoms with Crippen molar-refractivity contribution < 1.29 is 22.6 Å². The number of anilines is 1. The van der Waals surface area contributed by atoms with Crippen molar-refractivity contribution in [3.63, 3.8) is 0 Å². The van der Waals surface area contributed by atoms with Crippen LogP contribution in [0.3, 0.4) is 0 Å². The Morgan fingerprint density at radius 1 is 1.08 bits per heavy atom. The van der Waals surface area contributed by atoms with Crippen LogP contribution in [0.25, 0.3) is 11.0 Å². The number of aromatic nitrogens is 3. The predicted molar refractivity (Wildman–Crippen MR) is 90.5 cm³/mol. The van der Waals surface area contributed by atoms with Crippen LogP contribution in [0.4, 0.5) is 19.0 Å². The molecule has 138 valence electrons. The Morgan fingerprint density at radius 3 is 2.31 bits per heavy atom. The molecule has 2 aromatic heterocycles. The Balaban J connectivity index is 1.95. The number of rotatable bonds is 5. The zero-order valence-corrected chi connectivity index (χ0v) is 14.4. The first-order chi connectivity index (χ1) is 12.3. The summed E-state index contributed by atoms with van der Waals surface area (Å²) in [5.41, 5.74) is 0.339. The molecule has 0 saturated heterocycles. The molecule has 0 amide bonds. The highest BCUT2D eigenvalue weighted by molar-refractivity contribution is 5.91. The smallest absolute Gasteiger partial charge is 0.417 e. The van der Waals surface area contributed by atoms with Crippen LogP contribution in [0.2, 0.25) is 0 Å². The van der Waals surface area contributed by atoms with Crippen molar-refractivity contribution in [3.05, 3.63) is 41.1 Å². The summed E-state index contributed by atoms with van der Waals surface area (Å²) in [6.07, 6.45) is -4.51. The summed E-state index contributed by atoms with van der Waals surface area (Å²) in [7, 11) is 3.05. The quantitative estimate of drug-likeness (QED) is 0.716. The third-order valence-electron chi connectivity index (χ3n) is 3.83. The van der Waals surface area contributed by atoms with Gasteiger partial charge in [0.1, 0.15) is 11.5 Å². The highest BCUT2D eigenvalue weighted by Crippen LogP contribution is 2.37. The minimum Gasteiger partial charge on any atom is -0.497 e. The lowest BCUT2D eigenvalue weighted by atomic mass is 10.1. The topological polar surface area (TPSA) is 72.1 Å². The molecule has 0 radical (unpaired) electrons. The molecule has 26 heavy (non-hydrogen) atoms. The van der Waals surface area contributed by atoms with Crippen LogP contribution in [0.5, 0.6) is 11.5 Å². The average molecular weight is 366 g/mol. The number of aromatic amines is 1. The maximum absolute atomic E-state index is 13.4. The molecule has 3 aromatic rings. The first kappa shape index (κ1) is 17.8. The Hall–Kier alpha value is -2.97. The third-order valence-corrected chi connectivity index (χ3v) is 3.83. The van der Waals surface area contributed by atoms with Crippen molar-refractivity contribution in [2.45, 2.75) is 19.6 Å². The fourth-order valence-corrected chi connectivity index (χ4v) is 2.66. The first-order valence-corrected chi connectivity index (χ1v) is 7.70. The molecule has 0 aliphatic rings. The normalized spacial score (nSPS) is 11.6. The Bertz CT molecular complexity index is 915. The fourth-order valence-electron chi connectivity index (χ4n) is 2.66. The van der Waals surface area contributed by atoms with Crippen LogP contribution < -0.4 is 14.8 Å². The number of halogens is 3. The summed E-state index contributed by atoms with van der Waals surface area (Å²) in [6, 6.07) is 6.24. The van der Waals surface area contributed by atoms with Crippen molar-refractivity contribution in [2.24, 2.45) is 0 Å². The average Bonchev–Trinajstić information content (AvgIpc) is 3.00. The van der Waals surface area contributed by atoms with Gasteiger partial charge in [-0.25, -0.2) is 4.98 Å². The zero-order chi connectivity index (χ0) is 18.9. The molecule has 0 aliphatic carbocycles. The Labute approximate surface area is 147 Å². The van der Waals surface area contributed by atoms with E-state index in [9.17, 15) is 13.2 Å². The largest absolute Gasteiger partial charge is 0.497 e. The number of nitrogens with one attached hydrogen (secondary N) is 2. The Morgan fingerprint density at radius 2 is 1.73 bits per heavy atom. The molecule has 0 spiro atoms. The molecular weight excluding hydrogens is 349 g/mol. The van der Waals surface area contributed by atoms with Crippen LogP contribution in [-0.4, -0.2) is 29.4 Å². The van der Waals surface area contributed by atoms with Gasteiger partial charge in [-0.1, -0.05) is 0 Å². The molecule has 0 fully saturated rings. The fraction of sp³-hybridized carbons (Fsp3) is 0.294. The van der Waals surface area contributed by atoms with Crippen molar-refractivity contribution >= 4 is 16.9 Å². The molecule has 0 bridgehead atoms. The van der Waals surface area contributed by atoms with E-state index in [1.54, 1.807) is 18.2 Å². The number of benzene rings is 1. The number of pyridine rings is 1. The van der Waals surface area contributed by atoms with Gasteiger partial charge in [0.2, 0.25) is 0 Å². The van der Waals surface area contributed by atoms with E-state index < -0.39 is 11.7 Å². The van der Waals surface area contributed by atoms with E-state index in [1.165, 1.54) is 21.1 Å². The second kappa shape index (κ2) is 6.74. The van der Waals surface area contributed by atoms with Crippen molar-refractivity contribution in [2.75, 3.05) is 19.5 Å². The summed E-state index contributed by atoms with van der Waals surface area (Å²) < 4.78 is 50.5. The summed E-state index contributed by atoms with van der Waals surface area (Å²) in [4.78, 5) is 4.08. The maximum atomic E-state index is 13.4. The van der Waals surface area contributed by atoms with Gasteiger partial charge >= 0.3 is 6.18 Å². The van der Waals surface area contributed by atoms with E-state index in [0.29, 0.717) is 11.5 Å². The number of H-pyrrole nitrogens is 1. The minimum absolute atomic E-state index is 0.0848. The van der Waals surface area contributed by atoms with Crippen LogP contribution in [0.15, 0.2) is 24.3 Å². The van der Waals surface area contributed by atoms with Gasteiger partial charge in [-0.2, -0.15) is 18.3 Å². The molecule has 9 heteroatoms. The molecular formula is C17H17F3N4O2. The van der Waals surface area contributed by atoms with E-state index in [0.717, 1.165) is 11.6 Å². The predicted octanol–water partition coefficient (Wildman–Crippen LogP) is 3.91. The van der Waals surface area contributed by atoms with Gasteiger partial charge in [0.05, 0.1) is 25.2 Å². The van der Waals surface area contributed by atoms with Gasteiger partial charge < -0.3 is 14.8 Å². The van der Waals surface area contributed by atoms with Gasteiger partial charge in [0, 0.05) is 18.3 Å². The molecule has 0 unspecified atom stereocenters. The van der Waals surface area contributed by atoms with E-state index in [2.05, 4.69) is 20.5 Å². The molecule has 6 nitrogen and oxygen atoms in total. The lowest BCUT2D eigenvalue weighted by Gasteiger charge is -2.12. The van der Waals surface area contributed by atoms with E-state index in [-0.39, 0.29) is 29.1 Å². The molecule has 2 N–H and O–H groups in total. The van der Waals surface area contributed by atoms with Gasteiger partial charge in [0.25, 0.3) is 0 Å². The number of methoxy groups -OCH3 is 2. The maximum Gasteiger partial charge on any atom is 0.417 e. The third kappa shape index (κ3) is 3.51. The van der Waals surface area contributed by atoms with Crippen molar-refractivity contribution in [1.82, 2.24) is 15.2 Å². The highest BCUT2D eigenvalue weighted by Gasteiger charge is 2.35. The summed E-state index contributed by atoms with van der Waals surface area (Å²) in [6.45, 7) is 1.74. The number of fused-ring (bicyclic) bond motifs is 1. The van der Waals surface area contributed by atoms with Gasteiger partial charge in [0.15, 0.2) is 11.5 Å². The zero-order valence-electron chi connectivity index (χ0n) is 14.4. The highest BCUT2D eigenvalue weighted by atomic mass is 19.4. The van der Waals surface area contributed by atoms with E-state index in [4.69, 9.17) is 9.47 Å². The molecule has 0 aliphatic heterocycles. The van der Waals surface area contributed by atoms with Gasteiger partial charge in [-0.05, 0) is 30.7 Å². The van der Waals surface area contributed by atoms with Crippen molar-refractivity contribution in [3.8, 4) is 11.5 Å². The number of ether oxygens (including phenoxy) is 2. The number of hydrogen-bond acceptors (Lipinski definition) is 5. The summed E-state index contributed by atoms with van der Waals surface area (Å²) in [5, 5.41) is 9.34. The number of nitrogens with zero attached hydrogens (tertiary/aromatic N) is 2. The van der Waals surface area contributed by atoms with E-state index in [1.807, 2.05) is 0 Å². The van der Waals surface area contributed by atoms with Crippen molar-refractivity contribution in [1.29, 1.82) is 0 Å². The molecule has 0 saturated carbocycles.